The molecule has 2 aromatic heterocycles. The Morgan fingerprint density at radius 1 is 1.09 bits per heavy atom. The van der Waals surface area contributed by atoms with Crippen LogP contribution in [-0.4, -0.2) is 26.1 Å². The lowest BCUT2D eigenvalue weighted by Gasteiger charge is -2.23. The van der Waals surface area contributed by atoms with Gasteiger partial charge in [-0.15, -0.1) is 0 Å². The van der Waals surface area contributed by atoms with Crippen molar-refractivity contribution >= 4 is 11.2 Å². The molecule has 1 aliphatic rings. The fourth-order valence-corrected chi connectivity index (χ4v) is 2.82. The molecule has 1 saturated heterocycles. The molecule has 1 aliphatic heterocycles. The summed E-state index contributed by atoms with van der Waals surface area (Å²) in [6.45, 7) is 0.764. The van der Waals surface area contributed by atoms with Crippen molar-refractivity contribution in [2.45, 2.75) is 25.5 Å². The largest absolute Gasteiger partial charge is 0.358 e. The minimum Gasteiger partial charge on any atom is -0.358 e. The van der Waals surface area contributed by atoms with Gasteiger partial charge in [0.05, 0.1) is 6.33 Å². The summed E-state index contributed by atoms with van der Waals surface area (Å²) >= 11 is 0. The number of halogens is 1. The van der Waals surface area contributed by atoms with E-state index in [-0.39, 0.29) is 12.0 Å². The van der Waals surface area contributed by atoms with E-state index in [4.69, 9.17) is 4.74 Å². The van der Waals surface area contributed by atoms with Crippen LogP contribution in [0.15, 0.2) is 36.9 Å². The molecule has 0 spiro atoms. The molecule has 6 heteroatoms. The van der Waals surface area contributed by atoms with E-state index in [0.29, 0.717) is 11.2 Å². The van der Waals surface area contributed by atoms with Crippen LogP contribution < -0.4 is 0 Å². The van der Waals surface area contributed by atoms with Crippen molar-refractivity contribution in [3.8, 4) is 11.3 Å². The maximum absolute atomic E-state index is 13.1. The average Bonchev–Trinajstić information content (AvgIpc) is 3.00. The minimum absolute atomic E-state index is 0.0188. The molecule has 5 nitrogen and oxygen atoms in total. The number of rotatable bonds is 2. The maximum Gasteiger partial charge on any atom is 0.165 e. The van der Waals surface area contributed by atoms with Gasteiger partial charge >= 0.3 is 0 Å². The van der Waals surface area contributed by atoms with Gasteiger partial charge in [-0.1, -0.05) is 0 Å². The smallest absolute Gasteiger partial charge is 0.165 e. The lowest BCUT2D eigenvalue weighted by molar-refractivity contribution is -0.0298. The van der Waals surface area contributed by atoms with Gasteiger partial charge in [0.15, 0.2) is 5.65 Å². The summed E-state index contributed by atoms with van der Waals surface area (Å²) in [5.74, 6) is -0.268. The molecule has 22 heavy (non-hydrogen) atoms. The second-order valence-corrected chi connectivity index (χ2v) is 5.37. The molecule has 1 unspecified atom stereocenters. The molecule has 1 fully saturated rings. The quantitative estimate of drug-likeness (QED) is 0.728. The fourth-order valence-electron chi connectivity index (χ4n) is 2.82. The minimum atomic E-state index is -0.268. The zero-order chi connectivity index (χ0) is 14.9. The maximum atomic E-state index is 13.1. The predicted molar refractivity (Wildman–Crippen MR) is 79.6 cm³/mol. The van der Waals surface area contributed by atoms with Gasteiger partial charge in [0.2, 0.25) is 0 Å². The number of aromatic nitrogens is 4. The number of hydrogen-bond acceptors (Lipinski definition) is 4. The number of hydrogen-bond donors (Lipinski definition) is 0. The van der Waals surface area contributed by atoms with Gasteiger partial charge in [-0.05, 0) is 43.5 Å². The van der Waals surface area contributed by atoms with Gasteiger partial charge in [0.25, 0.3) is 0 Å². The van der Waals surface area contributed by atoms with E-state index in [1.54, 1.807) is 18.5 Å². The Morgan fingerprint density at radius 2 is 1.95 bits per heavy atom. The number of benzene rings is 1. The van der Waals surface area contributed by atoms with E-state index in [0.717, 1.165) is 37.1 Å². The van der Waals surface area contributed by atoms with Crippen molar-refractivity contribution in [3.63, 3.8) is 0 Å². The van der Waals surface area contributed by atoms with Crippen molar-refractivity contribution in [1.29, 1.82) is 0 Å². The second-order valence-electron chi connectivity index (χ2n) is 5.37. The lowest BCUT2D eigenvalue weighted by Crippen LogP contribution is -2.17. The number of imidazole rings is 1. The lowest BCUT2D eigenvalue weighted by atomic mass is 10.1. The zero-order valence-corrected chi connectivity index (χ0v) is 11.9. The van der Waals surface area contributed by atoms with Crippen LogP contribution in [0.5, 0.6) is 0 Å². The van der Waals surface area contributed by atoms with Gasteiger partial charge in [0.1, 0.15) is 29.6 Å². The molecule has 0 radical (unpaired) electrons. The van der Waals surface area contributed by atoms with Crippen molar-refractivity contribution < 1.29 is 9.13 Å². The first-order chi connectivity index (χ1) is 10.8. The molecule has 0 saturated carbocycles. The van der Waals surface area contributed by atoms with Crippen LogP contribution in [0.2, 0.25) is 0 Å². The second kappa shape index (κ2) is 5.46. The Kier molecular flexibility index (Phi) is 3.31. The van der Waals surface area contributed by atoms with Gasteiger partial charge in [0, 0.05) is 12.2 Å². The molecule has 0 aliphatic carbocycles. The van der Waals surface area contributed by atoms with E-state index >= 15 is 0 Å². The van der Waals surface area contributed by atoms with Crippen LogP contribution in [0.4, 0.5) is 4.39 Å². The topological polar surface area (TPSA) is 52.8 Å². The first-order valence-electron chi connectivity index (χ1n) is 7.38. The summed E-state index contributed by atoms with van der Waals surface area (Å²) in [6, 6.07) is 6.25. The van der Waals surface area contributed by atoms with Gasteiger partial charge in [-0.3, -0.25) is 4.57 Å². The highest BCUT2D eigenvalue weighted by Crippen LogP contribution is 2.29. The molecule has 112 valence electrons. The van der Waals surface area contributed by atoms with Crippen LogP contribution in [0, 0.1) is 5.82 Å². The third-order valence-electron chi connectivity index (χ3n) is 3.94. The predicted octanol–water partition coefficient (Wildman–Crippen LogP) is 3.33. The molecule has 0 N–H and O–H groups in total. The Labute approximate surface area is 126 Å². The first-order valence-corrected chi connectivity index (χ1v) is 7.38. The number of ether oxygens (including phenoxy) is 1. The molecule has 3 aromatic rings. The Bertz CT molecular complexity index is 794. The SMILES string of the molecule is Fc1ccc(-c2ncnc3c2ncn3C2CCCCO2)cc1. The van der Waals surface area contributed by atoms with Crippen LogP contribution in [0.3, 0.4) is 0 Å². The summed E-state index contributed by atoms with van der Waals surface area (Å²) < 4.78 is 20.9. The summed E-state index contributed by atoms with van der Waals surface area (Å²) in [5.41, 5.74) is 2.99. The Hall–Kier alpha value is -2.34. The summed E-state index contributed by atoms with van der Waals surface area (Å²) in [7, 11) is 0. The normalized spacial score (nSPS) is 18.7. The fraction of sp³-hybridized carbons (Fsp3) is 0.312. The van der Waals surface area contributed by atoms with Gasteiger partial charge < -0.3 is 4.74 Å². The van der Waals surface area contributed by atoms with Crippen molar-refractivity contribution in [3.05, 3.63) is 42.7 Å². The van der Waals surface area contributed by atoms with E-state index in [2.05, 4.69) is 15.0 Å². The molecule has 3 heterocycles. The van der Waals surface area contributed by atoms with E-state index in [9.17, 15) is 4.39 Å². The summed E-state index contributed by atoms with van der Waals surface area (Å²) in [4.78, 5) is 13.1. The molecule has 0 bridgehead atoms. The molecular weight excluding hydrogens is 283 g/mol. The zero-order valence-electron chi connectivity index (χ0n) is 11.9. The van der Waals surface area contributed by atoms with Crippen LogP contribution in [0.25, 0.3) is 22.4 Å². The van der Waals surface area contributed by atoms with Crippen LogP contribution in [-0.2, 0) is 4.74 Å². The standard InChI is InChI=1S/C16H15FN4O/c17-12-6-4-11(5-7-12)14-15-16(19-9-18-14)21(10-20-15)13-3-1-2-8-22-13/h4-7,9-10,13H,1-3,8H2. The number of nitrogens with zero attached hydrogens (tertiary/aromatic N) is 4. The van der Waals surface area contributed by atoms with Gasteiger partial charge in [-0.2, -0.15) is 0 Å². The molecule has 1 atom stereocenters. The highest BCUT2D eigenvalue weighted by molar-refractivity contribution is 5.87. The first kappa shape index (κ1) is 13.3. The summed E-state index contributed by atoms with van der Waals surface area (Å²) in [6.07, 6.45) is 6.44. The van der Waals surface area contributed by atoms with Crippen molar-refractivity contribution in [2.75, 3.05) is 6.61 Å². The molecule has 0 amide bonds. The number of fused-ring (bicyclic) bond motifs is 1. The monoisotopic (exact) mass is 298 g/mol. The Balaban J connectivity index is 1.81. The van der Waals surface area contributed by atoms with E-state index < -0.39 is 0 Å². The highest BCUT2D eigenvalue weighted by Gasteiger charge is 2.20. The van der Waals surface area contributed by atoms with Gasteiger partial charge in [-0.25, -0.2) is 19.3 Å². The van der Waals surface area contributed by atoms with E-state index in [1.165, 1.54) is 18.5 Å². The Morgan fingerprint density at radius 3 is 2.73 bits per heavy atom. The van der Waals surface area contributed by atoms with Crippen molar-refractivity contribution in [2.24, 2.45) is 0 Å². The molecular formula is C16H15FN4O. The molecule has 4 rings (SSSR count). The third kappa shape index (κ3) is 2.25. The molecule has 1 aromatic carbocycles. The highest BCUT2D eigenvalue weighted by atomic mass is 19.1. The van der Waals surface area contributed by atoms with Crippen molar-refractivity contribution in [1.82, 2.24) is 19.5 Å². The van der Waals surface area contributed by atoms with E-state index in [1.807, 2.05) is 4.57 Å². The third-order valence-corrected chi connectivity index (χ3v) is 3.94. The average molecular weight is 298 g/mol. The summed E-state index contributed by atoms with van der Waals surface area (Å²) in [5, 5.41) is 0. The van der Waals surface area contributed by atoms with Crippen LogP contribution >= 0.6 is 0 Å². The van der Waals surface area contributed by atoms with Crippen LogP contribution in [0.1, 0.15) is 25.5 Å².